The van der Waals surface area contributed by atoms with Gasteiger partial charge in [-0.1, -0.05) is 12.1 Å². The second-order valence-corrected chi connectivity index (χ2v) is 4.45. The largest absolute Gasteiger partial charge is 0.359 e. The van der Waals surface area contributed by atoms with E-state index in [1.54, 1.807) is 6.07 Å². The molecule has 0 spiro atoms. The molecule has 0 aliphatic heterocycles. The molecule has 2 aromatic rings. The Morgan fingerprint density at radius 1 is 1.38 bits per heavy atom. The van der Waals surface area contributed by atoms with Gasteiger partial charge in [0.05, 0.1) is 5.52 Å². The number of hydrogen-bond acceptors (Lipinski definition) is 1. The van der Waals surface area contributed by atoms with E-state index in [2.05, 4.69) is 10.3 Å². The molecule has 1 aliphatic carbocycles. The standard InChI is InChI=1S/C13H15FN2/c14-12-3-1-2-11-9(8-16-13(11)12)6-7-15-10-4-5-10/h1-3,8,10,15-16H,4-7H2. The maximum absolute atomic E-state index is 13.4. The molecule has 2 nitrogen and oxygen atoms in total. The van der Waals surface area contributed by atoms with Gasteiger partial charge >= 0.3 is 0 Å². The molecule has 1 saturated carbocycles. The zero-order valence-corrected chi connectivity index (χ0v) is 9.09. The van der Waals surface area contributed by atoms with Crippen LogP contribution < -0.4 is 5.32 Å². The lowest BCUT2D eigenvalue weighted by Crippen LogP contribution is -2.19. The second-order valence-electron chi connectivity index (χ2n) is 4.45. The minimum Gasteiger partial charge on any atom is -0.359 e. The lowest BCUT2D eigenvalue weighted by Gasteiger charge is -2.01. The van der Waals surface area contributed by atoms with E-state index in [0.29, 0.717) is 5.52 Å². The number of aromatic amines is 1. The molecule has 3 rings (SSSR count). The Labute approximate surface area is 93.9 Å². The van der Waals surface area contributed by atoms with Crippen LogP contribution in [0.1, 0.15) is 18.4 Å². The summed E-state index contributed by atoms with van der Waals surface area (Å²) >= 11 is 0. The molecule has 1 fully saturated rings. The van der Waals surface area contributed by atoms with Crippen molar-refractivity contribution in [2.75, 3.05) is 6.54 Å². The summed E-state index contributed by atoms with van der Waals surface area (Å²) in [6.07, 6.45) is 5.49. The lowest BCUT2D eigenvalue weighted by molar-refractivity contribution is 0.637. The van der Waals surface area contributed by atoms with Crippen LogP contribution in [0.15, 0.2) is 24.4 Å². The topological polar surface area (TPSA) is 27.8 Å². The summed E-state index contributed by atoms with van der Waals surface area (Å²) in [4.78, 5) is 3.01. The van der Waals surface area contributed by atoms with Crippen molar-refractivity contribution in [2.24, 2.45) is 0 Å². The molecule has 0 amide bonds. The number of benzene rings is 1. The fourth-order valence-electron chi connectivity index (χ4n) is 2.08. The van der Waals surface area contributed by atoms with Crippen molar-refractivity contribution >= 4 is 10.9 Å². The normalized spacial score (nSPS) is 15.8. The van der Waals surface area contributed by atoms with E-state index in [1.807, 2.05) is 12.3 Å². The van der Waals surface area contributed by atoms with Crippen LogP contribution >= 0.6 is 0 Å². The molecule has 0 unspecified atom stereocenters. The minimum atomic E-state index is -0.168. The van der Waals surface area contributed by atoms with Crippen LogP contribution in [0.3, 0.4) is 0 Å². The van der Waals surface area contributed by atoms with Crippen LogP contribution in [0.2, 0.25) is 0 Å². The Morgan fingerprint density at radius 3 is 3.06 bits per heavy atom. The fourth-order valence-corrected chi connectivity index (χ4v) is 2.08. The van der Waals surface area contributed by atoms with Crippen LogP contribution in [-0.4, -0.2) is 17.6 Å². The Hall–Kier alpha value is -1.35. The van der Waals surface area contributed by atoms with Crippen molar-refractivity contribution in [2.45, 2.75) is 25.3 Å². The molecular formula is C13H15FN2. The molecule has 16 heavy (non-hydrogen) atoms. The minimum absolute atomic E-state index is 0.168. The number of fused-ring (bicyclic) bond motifs is 1. The number of para-hydroxylation sites is 1. The number of hydrogen-bond donors (Lipinski definition) is 2. The number of halogens is 1. The van der Waals surface area contributed by atoms with Crippen molar-refractivity contribution in [3.05, 3.63) is 35.8 Å². The average Bonchev–Trinajstić information content (AvgIpc) is 3.00. The number of aromatic nitrogens is 1. The third kappa shape index (κ3) is 1.83. The van der Waals surface area contributed by atoms with E-state index in [-0.39, 0.29) is 5.82 Å². The van der Waals surface area contributed by atoms with Gasteiger partial charge in [-0.15, -0.1) is 0 Å². The lowest BCUT2D eigenvalue weighted by atomic mass is 10.1. The molecule has 0 atom stereocenters. The summed E-state index contributed by atoms with van der Waals surface area (Å²) in [6, 6.07) is 5.97. The SMILES string of the molecule is Fc1cccc2c(CCNC3CC3)c[nH]c12. The first-order valence-electron chi connectivity index (χ1n) is 5.82. The molecule has 0 bridgehead atoms. The summed E-state index contributed by atoms with van der Waals surface area (Å²) in [5.41, 5.74) is 1.83. The molecule has 1 aromatic heterocycles. The number of H-pyrrole nitrogens is 1. The molecular weight excluding hydrogens is 203 g/mol. The Morgan fingerprint density at radius 2 is 2.25 bits per heavy atom. The van der Waals surface area contributed by atoms with Gasteiger partial charge < -0.3 is 10.3 Å². The second kappa shape index (κ2) is 3.91. The molecule has 0 radical (unpaired) electrons. The number of nitrogens with one attached hydrogen (secondary N) is 2. The van der Waals surface area contributed by atoms with Gasteiger partial charge in [0.2, 0.25) is 0 Å². The van der Waals surface area contributed by atoms with Crippen LogP contribution in [0.5, 0.6) is 0 Å². The first-order chi connectivity index (χ1) is 7.84. The quantitative estimate of drug-likeness (QED) is 0.811. The predicted octanol–water partition coefficient (Wildman–Crippen LogP) is 2.60. The monoisotopic (exact) mass is 218 g/mol. The third-order valence-corrected chi connectivity index (χ3v) is 3.16. The van der Waals surface area contributed by atoms with E-state index < -0.39 is 0 Å². The average molecular weight is 218 g/mol. The van der Waals surface area contributed by atoms with Gasteiger partial charge in [0.1, 0.15) is 5.82 Å². The molecule has 1 aromatic carbocycles. The van der Waals surface area contributed by atoms with Crippen molar-refractivity contribution in [3.63, 3.8) is 0 Å². The van der Waals surface area contributed by atoms with Gasteiger partial charge in [-0.3, -0.25) is 0 Å². The van der Waals surface area contributed by atoms with E-state index in [0.717, 1.165) is 24.4 Å². The molecule has 1 aliphatic rings. The maximum Gasteiger partial charge on any atom is 0.147 e. The number of rotatable bonds is 4. The molecule has 1 heterocycles. The Balaban J connectivity index is 1.77. The van der Waals surface area contributed by atoms with Crippen LogP contribution in [-0.2, 0) is 6.42 Å². The van der Waals surface area contributed by atoms with Crippen molar-refractivity contribution in [1.29, 1.82) is 0 Å². The van der Waals surface area contributed by atoms with Gasteiger partial charge in [0, 0.05) is 17.6 Å². The van der Waals surface area contributed by atoms with E-state index in [4.69, 9.17) is 0 Å². The van der Waals surface area contributed by atoms with Crippen LogP contribution in [0, 0.1) is 5.82 Å². The summed E-state index contributed by atoms with van der Waals surface area (Å²) in [7, 11) is 0. The highest BCUT2D eigenvalue weighted by atomic mass is 19.1. The Bertz CT molecular complexity index is 500. The zero-order chi connectivity index (χ0) is 11.0. The highest BCUT2D eigenvalue weighted by Crippen LogP contribution is 2.22. The van der Waals surface area contributed by atoms with Crippen molar-refractivity contribution in [3.8, 4) is 0 Å². The van der Waals surface area contributed by atoms with E-state index in [9.17, 15) is 4.39 Å². The van der Waals surface area contributed by atoms with E-state index in [1.165, 1.54) is 24.5 Å². The molecule has 84 valence electrons. The smallest absolute Gasteiger partial charge is 0.147 e. The van der Waals surface area contributed by atoms with Crippen molar-refractivity contribution < 1.29 is 4.39 Å². The molecule has 2 N–H and O–H groups in total. The summed E-state index contributed by atoms with van der Waals surface area (Å²) in [5, 5.41) is 4.48. The highest BCUT2D eigenvalue weighted by Gasteiger charge is 2.19. The predicted molar refractivity (Wildman–Crippen MR) is 63.0 cm³/mol. The zero-order valence-electron chi connectivity index (χ0n) is 9.09. The summed E-state index contributed by atoms with van der Waals surface area (Å²) in [6.45, 7) is 0.980. The van der Waals surface area contributed by atoms with Crippen LogP contribution in [0.4, 0.5) is 4.39 Å². The summed E-state index contributed by atoms with van der Waals surface area (Å²) in [5.74, 6) is -0.168. The van der Waals surface area contributed by atoms with Gasteiger partial charge in [-0.05, 0) is 37.4 Å². The van der Waals surface area contributed by atoms with Gasteiger partial charge in [0.15, 0.2) is 0 Å². The van der Waals surface area contributed by atoms with Crippen molar-refractivity contribution in [1.82, 2.24) is 10.3 Å². The maximum atomic E-state index is 13.4. The van der Waals surface area contributed by atoms with Crippen LogP contribution in [0.25, 0.3) is 10.9 Å². The third-order valence-electron chi connectivity index (χ3n) is 3.16. The van der Waals surface area contributed by atoms with Gasteiger partial charge in [-0.25, -0.2) is 4.39 Å². The fraction of sp³-hybridized carbons (Fsp3) is 0.385. The molecule has 3 heteroatoms. The summed E-state index contributed by atoms with van der Waals surface area (Å²) < 4.78 is 13.4. The van der Waals surface area contributed by atoms with E-state index >= 15 is 0 Å². The highest BCUT2D eigenvalue weighted by molar-refractivity contribution is 5.83. The Kier molecular flexibility index (Phi) is 2.40. The van der Waals surface area contributed by atoms with Gasteiger partial charge in [-0.2, -0.15) is 0 Å². The molecule has 0 saturated heterocycles. The first kappa shape index (κ1) is 9.85. The van der Waals surface area contributed by atoms with Gasteiger partial charge in [0.25, 0.3) is 0 Å². The first-order valence-corrected chi connectivity index (χ1v) is 5.82.